The molecule has 0 radical (unpaired) electrons. The van der Waals surface area contributed by atoms with Crippen LogP contribution in [0.25, 0.3) is 0 Å². The van der Waals surface area contributed by atoms with Gasteiger partial charge in [-0.3, -0.25) is 4.79 Å². The second-order valence-electron chi connectivity index (χ2n) is 2.93. The molecule has 0 spiro atoms. The topological polar surface area (TPSA) is 17.1 Å². The van der Waals surface area contributed by atoms with Crippen LogP contribution in [0.1, 0.15) is 15.2 Å². The fraction of sp³-hybridized carbons (Fsp3) is 0. The van der Waals surface area contributed by atoms with Crippen LogP contribution in [0.5, 0.6) is 0 Å². The molecular formula is C11H6ClFOS. The summed E-state index contributed by atoms with van der Waals surface area (Å²) in [5.41, 5.74) is 0.445. The van der Waals surface area contributed by atoms with Crippen molar-refractivity contribution in [3.63, 3.8) is 0 Å². The van der Waals surface area contributed by atoms with Gasteiger partial charge in [-0.2, -0.15) is 0 Å². The molecule has 0 unspecified atom stereocenters. The predicted molar refractivity (Wildman–Crippen MR) is 59.2 cm³/mol. The molecule has 2 aromatic rings. The maximum absolute atomic E-state index is 13.1. The average Bonchev–Trinajstić information content (AvgIpc) is 2.65. The molecule has 76 valence electrons. The monoisotopic (exact) mass is 240 g/mol. The molecule has 2 rings (SSSR count). The lowest BCUT2D eigenvalue weighted by Crippen LogP contribution is -2.00. The fourth-order valence-corrected chi connectivity index (χ4v) is 2.04. The van der Waals surface area contributed by atoms with Gasteiger partial charge in [0.15, 0.2) is 0 Å². The maximum atomic E-state index is 13.1. The van der Waals surface area contributed by atoms with Gasteiger partial charge >= 0.3 is 0 Å². The van der Waals surface area contributed by atoms with E-state index in [-0.39, 0.29) is 10.7 Å². The molecule has 15 heavy (non-hydrogen) atoms. The third-order valence-corrected chi connectivity index (χ3v) is 3.07. The van der Waals surface area contributed by atoms with E-state index in [0.717, 1.165) is 11.3 Å². The Balaban J connectivity index is 2.37. The van der Waals surface area contributed by atoms with Crippen LogP contribution in [0.2, 0.25) is 5.02 Å². The van der Waals surface area contributed by atoms with Crippen LogP contribution in [0, 0.1) is 5.82 Å². The first-order valence-electron chi connectivity index (χ1n) is 4.22. The minimum absolute atomic E-state index is 0.136. The highest BCUT2D eigenvalue weighted by Crippen LogP contribution is 2.20. The van der Waals surface area contributed by atoms with Gasteiger partial charge in [0.1, 0.15) is 10.7 Å². The number of rotatable bonds is 2. The summed E-state index contributed by atoms with van der Waals surface area (Å²) >= 11 is 6.79. The standard InChI is InChI=1S/C11H6ClFOS/c12-8-3-1-7(2-4-8)10(14)11-9(13)5-6-15-11/h1-6H. The second kappa shape index (κ2) is 4.13. The van der Waals surface area contributed by atoms with Gasteiger partial charge < -0.3 is 0 Å². The third kappa shape index (κ3) is 2.08. The summed E-state index contributed by atoms with van der Waals surface area (Å²) in [4.78, 5) is 11.9. The molecule has 0 saturated heterocycles. The molecule has 0 saturated carbocycles. The Morgan fingerprint density at radius 3 is 2.40 bits per heavy atom. The zero-order valence-electron chi connectivity index (χ0n) is 7.54. The molecular weight excluding hydrogens is 235 g/mol. The molecule has 0 atom stereocenters. The Morgan fingerprint density at radius 1 is 1.20 bits per heavy atom. The van der Waals surface area contributed by atoms with E-state index < -0.39 is 5.82 Å². The van der Waals surface area contributed by atoms with E-state index in [4.69, 9.17) is 11.6 Å². The van der Waals surface area contributed by atoms with Gasteiger partial charge in [-0.05, 0) is 35.7 Å². The average molecular weight is 241 g/mol. The van der Waals surface area contributed by atoms with Crippen molar-refractivity contribution >= 4 is 28.7 Å². The van der Waals surface area contributed by atoms with Crippen molar-refractivity contribution in [1.82, 2.24) is 0 Å². The van der Waals surface area contributed by atoms with Crippen LogP contribution < -0.4 is 0 Å². The van der Waals surface area contributed by atoms with Crippen LogP contribution in [0.15, 0.2) is 35.7 Å². The number of carbonyl (C=O) groups excluding carboxylic acids is 1. The van der Waals surface area contributed by atoms with Crippen molar-refractivity contribution in [1.29, 1.82) is 0 Å². The quantitative estimate of drug-likeness (QED) is 0.731. The second-order valence-corrected chi connectivity index (χ2v) is 4.29. The lowest BCUT2D eigenvalue weighted by Gasteiger charge is -1.98. The predicted octanol–water partition coefficient (Wildman–Crippen LogP) is 3.77. The van der Waals surface area contributed by atoms with Crippen molar-refractivity contribution in [2.24, 2.45) is 0 Å². The Labute approximate surface area is 95.1 Å². The Kier molecular flexibility index (Phi) is 2.84. The molecule has 0 aliphatic heterocycles. The molecule has 1 heterocycles. The molecule has 1 aromatic heterocycles. The van der Waals surface area contributed by atoms with Gasteiger partial charge in [0.25, 0.3) is 0 Å². The van der Waals surface area contributed by atoms with Crippen LogP contribution in [-0.4, -0.2) is 5.78 Å². The summed E-state index contributed by atoms with van der Waals surface area (Å²) in [6.45, 7) is 0. The van der Waals surface area contributed by atoms with Gasteiger partial charge in [-0.1, -0.05) is 11.6 Å². The number of carbonyl (C=O) groups is 1. The van der Waals surface area contributed by atoms with Gasteiger partial charge in [0.05, 0.1) is 0 Å². The first-order valence-corrected chi connectivity index (χ1v) is 5.47. The van der Waals surface area contributed by atoms with E-state index in [1.54, 1.807) is 29.6 Å². The van der Waals surface area contributed by atoms with Gasteiger partial charge in [0, 0.05) is 10.6 Å². The Bertz CT molecular complexity index is 490. The zero-order valence-corrected chi connectivity index (χ0v) is 9.11. The van der Waals surface area contributed by atoms with Crippen LogP contribution in [-0.2, 0) is 0 Å². The normalized spacial score (nSPS) is 10.3. The molecule has 0 fully saturated rings. The molecule has 1 nitrogen and oxygen atoms in total. The zero-order chi connectivity index (χ0) is 10.8. The van der Waals surface area contributed by atoms with E-state index >= 15 is 0 Å². The highest BCUT2D eigenvalue weighted by atomic mass is 35.5. The van der Waals surface area contributed by atoms with Gasteiger partial charge in [-0.25, -0.2) is 4.39 Å². The number of hydrogen-bond donors (Lipinski definition) is 0. The first kappa shape index (κ1) is 10.3. The van der Waals surface area contributed by atoms with Crippen LogP contribution in [0.4, 0.5) is 4.39 Å². The number of benzene rings is 1. The molecule has 0 N–H and O–H groups in total. The molecule has 0 bridgehead atoms. The van der Waals surface area contributed by atoms with E-state index in [1.807, 2.05) is 0 Å². The summed E-state index contributed by atoms with van der Waals surface area (Å²) in [5.74, 6) is -0.779. The molecule has 0 amide bonds. The highest BCUT2D eigenvalue weighted by molar-refractivity contribution is 7.12. The smallest absolute Gasteiger partial charge is 0.205 e. The summed E-state index contributed by atoms with van der Waals surface area (Å²) in [6.07, 6.45) is 0. The number of thiophene rings is 1. The Morgan fingerprint density at radius 2 is 1.87 bits per heavy atom. The van der Waals surface area contributed by atoms with Gasteiger partial charge in [0.2, 0.25) is 5.78 Å². The fourth-order valence-electron chi connectivity index (χ4n) is 1.19. The SMILES string of the molecule is O=C(c1ccc(Cl)cc1)c1sccc1F. The third-order valence-electron chi connectivity index (χ3n) is 1.93. The first-order chi connectivity index (χ1) is 7.18. The molecule has 1 aromatic carbocycles. The van der Waals surface area contributed by atoms with Crippen molar-refractivity contribution in [3.05, 3.63) is 57.0 Å². The van der Waals surface area contributed by atoms with Crippen molar-refractivity contribution < 1.29 is 9.18 Å². The number of ketones is 1. The highest BCUT2D eigenvalue weighted by Gasteiger charge is 2.14. The van der Waals surface area contributed by atoms with Crippen molar-refractivity contribution in [3.8, 4) is 0 Å². The van der Waals surface area contributed by atoms with Crippen molar-refractivity contribution in [2.45, 2.75) is 0 Å². The minimum Gasteiger partial charge on any atom is -0.288 e. The van der Waals surface area contributed by atoms with E-state index in [9.17, 15) is 9.18 Å². The van der Waals surface area contributed by atoms with E-state index in [2.05, 4.69) is 0 Å². The van der Waals surface area contributed by atoms with Gasteiger partial charge in [-0.15, -0.1) is 11.3 Å². The lowest BCUT2D eigenvalue weighted by atomic mass is 10.1. The molecule has 0 aliphatic rings. The summed E-state index contributed by atoms with van der Waals surface area (Å²) in [7, 11) is 0. The maximum Gasteiger partial charge on any atom is 0.205 e. The van der Waals surface area contributed by atoms with E-state index in [0.29, 0.717) is 10.6 Å². The Hall–Kier alpha value is -1.19. The summed E-state index contributed by atoms with van der Waals surface area (Å²) in [6, 6.07) is 7.68. The molecule has 0 aliphatic carbocycles. The minimum atomic E-state index is -0.472. The largest absolute Gasteiger partial charge is 0.288 e. The van der Waals surface area contributed by atoms with Crippen LogP contribution >= 0.6 is 22.9 Å². The van der Waals surface area contributed by atoms with Crippen LogP contribution in [0.3, 0.4) is 0 Å². The number of hydrogen-bond acceptors (Lipinski definition) is 2. The number of halogens is 2. The lowest BCUT2D eigenvalue weighted by molar-refractivity contribution is 0.103. The summed E-state index contributed by atoms with van der Waals surface area (Å²) in [5, 5.41) is 2.11. The van der Waals surface area contributed by atoms with Crippen molar-refractivity contribution in [2.75, 3.05) is 0 Å². The van der Waals surface area contributed by atoms with E-state index in [1.165, 1.54) is 6.07 Å². The summed E-state index contributed by atoms with van der Waals surface area (Å²) < 4.78 is 13.1. The molecule has 4 heteroatoms.